The van der Waals surface area contributed by atoms with Crippen molar-refractivity contribution in [2.45, 2.75) is 51.3 Å². The van der Waals surface area contributed by atoms with Gasteiger partial charge >= 0.3 is 6.09 Å². The standard InChI is InChI=1S/C30H35F2N3O4/c1-30(2,3)39-29(38)35(6)26(18-19-11-13-21-9-7-8-10-22(21)15-19)28(37)34(5)25(27(36)33-4)17-20-12-14-23(31)24(32)16-20/h7-16,25-26H,17-18H2,1-6H3,(H,33,36)/t25-,26-/m1/s1. The summed E-state index contributed by atoms with van der Waals surface area (Å²) in [6.07, 6.45) is -0.583. The van der Waals surface area contributed by atoms with Crippen LogP contribution in [0.1, 0.15) is 31.9 Å². The molecule has 39 heavy (non-hydrogen) atoms. The molecule has 0 saturated carbocycles. The lowest BCUT2D eigenvalue weighted by Gasteiger charge is -2.35. The number of hydrogen-bond donors (Lipinski definition) is 1. The molecule has 0 radical (unpaired) electrons. The zero-order valence-electron chi connectivity index (χ0n) is 23.1. The Morgan fingerprint density at radius 1 is 0.821 bits per heavy atom. The zero-order chi connectivity index (χ0) is 28.9. The van der Waals surface area contributed by atoms with Crippen LogP contribution in [0, 0.1) is 11.6 Å². The Kier molecular flexibility index (Phi) is 9.27. The zero-order valence-corrected chi connectivity index (χ0v) is 23.1. The third-order valence-electron chi connectivity index (χ3n) is 6.45. The first-order chi connectivity index (χ1) is 18.3. The lowest BCUT2D eigenvalue weighted by molar-refractivity contribution is -0.142. The van der Waals surface area contributed by atoms with Crippen molar-refractivity contribution in [2.24, 2.45) is 0 Å². The highest BCUT2D eigenvalue weighted by Crippen LogP contribution is 2.21. The molecular formula is C30H35F2N3O4. The molecule has 7 nitrogen and oxygen atoms in total. The second-order valence-electron chi connectivity index (χ2n) is 10.5. The summed E-state index contributed by atoms with van der Waals surface area (Å²) < 4.78 is 32.9. The molecule has 0 heterocycles. The first-order valence-electron chi connectivity index (χ1n) is 12.7. The number of amides is 3. The quantitative estimate of drug-likeness (QED) is 0.450. The van der Waals surface area contributed by atoms with Crippen molar-refractivity contribution in [1.82, 2.24) is 15.1 Å². The van der Waals surface area contributed by atoms with Crippen LogP contribution in [-0.4, -0.2) is 66.5 Å². The fourth-order valence-electron chi connectivity index (χ4n) is 4.29. The lowest BCUT2D eigenvalue weighted by Crippen LogP contribution is -2.56. The van der Waals surface area contributed by atoms with Crippen LogP contribution in [0.4, 0.5) is 13.6 Å². The summed E-state index contributed by atoms with van der Waals surface area (Å²) >= 11 is 0. The van der Waals surface area contributed by atoms with Gasteiger partial charge in [-0.3, -0.25) is 14.5 Å². The molecule has 3 rings (SSSR count). The Labute approximate surface area is 227 Å². The van der Waals surface area contributed by atoms with Crippen LogP contribution in [0.2, 0.25) is 0 Å². The average Bonchev–Trinajstić information content (AvgIpc) is 2.89. The van der Waals surface area contributed by atoms with Crippen molar-refractivity contribution in [3.8, 4) is 0 Å². The Hall–Kier alpha value is -4.01. The smallest absolute Gasteiger partial charge is 0.410 e. The first-order valence-corrected chi connectivity index (χ1v) is 12.7. The van der Waals surface area contributed by atoms with E-state index in [2.05, 4.69) is 5.32 Å². The topological polar surface area (TPSA) is 79.0 Å². The second kappa shape index (κ2) is 12.2. The van der Waals surface area contributed by atoms with E-state index >= 15 is 0 Å². The highest BCUT2D eigenvalue weighted by molar-refractivity contribution is 5.91. The van der Waals surface area contributed by atoms with Crippen molar-refractivity contribution in [3.05, 3.63) is 83.4 Å². The van der Waals surface area contributed by atoms with Gasteiger partial charge in [0.05, 0.1) is 0 Å². The number of nitrogens with one attached hydrogen (secondary N) is 1. The summed E-state index contributed by atoms with van der Waals surface area (Å²) in [6, 6.07) is 14.9. The number of carbonyl (C=O) groups excluding carboxylic acids is 3. The van der Waals surface area contributed by atoms with E-state index in [0.717, 1.165) is 28.5 Å². The van der Waals surface area contributed by atoms with Crippen LogP contribution >= 0.6 is 0 Å². The monoisotopic (exact) mass is 539 g/mol. The third-order valence-corrected chi connectivity index (χ3v) is 6.45. The summed E-state index contributed by atoms with van der Waals surface area (Å²) in [4.78, 5) is 42.3. The van der Waals surface area contributed by atoms with Gasteiger partial charge in [0.1, 0.15) is 17.7 Å². The van der Waals surface area contributed by atoms with Crippen LogP contribution in [-0.2, 0) is 27.2 Å². The number of rotatable bonds is 8. The van der Waals surface area contributed by atoms with Gasteiger partial charge in [0.2, 0.25) is 11.8 Å². The maximum atomic E-state index is 14.0. The largest absolute Gasteiger partial charge is 0.444 e. The normalized spacial score (nSPS) is 12.9. The molecule has 3 aromatic rings. The number of ether oxygens (including phenoxy) is 1. The molecular weight excluding hydrogens is 504 g/mol. The van der Waals surface area contributed by atoms with Gasteiger partial charge < -0.3 is 15.0 Å². The molecule has 0 aliphatic heterocycles. The molecule has 0 fully saturated rings. The number of likely N-dealkylation sites (N-methyl/N-ethyl adjacent to an activating group) is 3. The molecule has 0 aliphatic carbocycles. The van der Waals surface area contributed by atoms with Crippen molar-refractivity contribution in [2.75, 3.05) is 21.1 Å². The van der Waals surface area contributed by atoms with E-state index in [1.54, 1.807) is 20.8 Å². The van der Waals surface area contributed by atoms with E-state index in [1.807, 2.05) is 42.5 Å². The minimum Gasteiger partial charge on any atom is -0.444 e. The number of benzene rings is 3. The average molecular weight is 540 g/mol. The van der Waals surface area contributed by atoms with E-state index in [-0.39, 0.29) is 12.8 Å². The van der Waals surface area contributed by atoms with E-state index in [0.29, 0.717) is 5.56 Å². The summed E-state index contributed by atoms with van der Waals surface area (Å²) in [7, 11) is 4.37. The molecule has 1 N–H and O–H groups in total. The van der Waals surface area contributed by atoms with Crippen LogP contribution in [0.5, 0.6) is 0 Å². The molecule has 2 atom stereocenters. The fraction of sp³-hybridized carbons (Fsp3) is 0.367. The molecule has 0 unspecified atom stereocenters. The van der Waals surface area contributed by atoms with Gasteiger partial charge in [-0.05, 0) is 54.8 Å². The molecule has 9 heteroatoms. The van der Waals surface area contributed by atoms with Gasteiger partial charge in [-0.2, -0.15) is 0 Å². The van der Waals surface area contributed by atoms with Crippen molar-refractivity contribution in [1.29, 1.82) is 0 Å². The first kappa shape index (κ1) is 29.5. The van der Waals surface area contributed by atoms with Gasteiger partial charge in [0.25, 0.3) is 0 Å². The van der Waals surface area contributed by atoms with Crippen LogP contribution in [0.3, 0.4) is 0 Å². The fourth-order valence-corrected chi connectivity index (χ4v) is 4.29. The molecule has 0 spiro atoms. The summed E-state index contributed by atoms with van der Waals surface area (Å²) in [6.45, 7) is 5.19. The Morgan fingerprint density at radius 3 is 2.03 bits per heavy atom. The minimum atomic E-state index is -1.05. The summed E-state index contributed by atoms with van der Waals surface area (Å²) in [5.74, 6) is -3.04. The molecule has 3 amide bonds. The molecule has 0 bridgehead atoms. The van der Waals surface area contributed by atoms with Crippen molar-refractivity contribution < 1.29 is 27.9 Å². The highest BCUT2D eigenvalue weighted by atomic mass is 19.2. The predicted octanol–water partition coefficient (Wildman–Crippen LogP) is 4.71. The Balaban J connectivity index is 1.96. The maximum Gasteiger partial charge on any atom is 0.410 e. The molecule has 0 aromatic heterocycles. The highest BCUT2D eigenvalue weighted by Gasteiger charge is 2.36. The van der Waals surface area contributed by atoms with Crippen LogP contribution < -0.4 is 5.32 Å². The lowest BCUT2D eigenvalue weighted by atomic mass is 9.98. The summed E-state index contributed by atoms with van der Waals surface area (Å²) in [5.41, 5.74) is 0.368. The van der Waals surface area contributed by atoms with Gasteiger partial charge in [0, 0.05) is 34.0 Å². The Morgan fingerprint density at radius 2 is 1.41 bits per heavy atom. The molecule has 0 aliphatic rings. The number of halogens is 2. The third kappa shape index (κ3) is 7.52. The number of nitrogens with zero attached hydrogens (tertiary/aromatic N) is 2. The van der Waals surface area contributed by atoms with E-state index < -0.39 is 47.2 Å². The van der Waals surface area contributed by atoms with E-state index in [4.69, 9.17) is 4.74 Å². The number of fused-ring (bicyclic) bond motifs is 1. The van der Waals surface area contributed by atoms with Crippen molar-refractivity contribution >= 4 is 28.7 Å². The molecule has 3 aromatic carbocycles. The van der Waals surface area contributed by atoms with Gasteiger partial charge in [-0.15, -0.1) is 0 Å². The van der Waals surface area contributed by atoms with Crippen LogP contribution in [0.25, 0.3) is 10.8 Å². The van der Waals surface area contributed by atoms with Gasteiger partial charge in [-0.25, -0.2) is 13.6 Å². The number of carbonyl (C=O) groups is 3. The SMILES string of the molecule is CNC(=O)[C@@H](Cc1ccc(F)c(F)c1)N(C)C(=O)[C@@H](Cc1ccc2ccccc2c1)N(C)C(=O)OC(C)(C)C. The molecule has 0 saturated heterocycles. The number of hydrogen-bond acceptors (Lipinski definition) is 4. The molecule has 208 valence electrons. The van der Waals surface area contributed by atoms with Crippen molar-refractivity contribution in [3.63, 3.8) is 0 Å². The maximum absolute atomic E-state index is 14.0. The van der Waals surface area contributed by atoms with E-state index in [9.17, 15) is 23.2 Å². The summed E-state index contributed by atoms with van der Waals surface area (Å²) in [5, 5.41) is 4.55. The van der Waals surface area contributed by atoms with Gasteiger partial charge in [0.15, 0.2) is 11.6 Å². The minimum absolute atomic E-state index is 0.0576. The van der Waals surface area contributed by atoms with Gasteiger partial charge in [-0.1, -0.05) is 48.5 Å². The second-order valence-corrected chi connectivity index (χ2v) is 10.5. The Bertz CT molecular complexity index is 1360. The van der Waals surface area contributed by atoms with E-state index in [1.165, 1.54) is 37.0 Å². The predicted molar refractivity (Wildman–Crippen MR) is 146 cm³/mol. The van der Waals surface area contributed by atoms with Crippen LogP contribution in [0.15, 0.2) is 60.7 Å².